The van der Waals surface area contributed by atoms with Gasteiger partial charge in [-0.05, 0) is 32.4 Å². The molecule has 114 valence electrons. The molecule has 0 aromatic rings. The highest BCUT2D eigenvalue weighted by atomic mass is 32.1. The lowest BCUT2D eigenvalue weighted by atomic mass is 10.1. The number of carboxylic acid groups (broad SMARTS) is 1. The molecule has 0 saturated carbocycles. The Bertz CT molecular complexity index is 371. The summed E-state index contributed by atoms with van der Waals surface area (Å²) in [5, 5.41) is 9.37. The van der Waals surface area contributed by atoms with Gasteiger partial charge in [-0.2, -0.15) is 12.6 Å². The fraction of sp³-hybridized carbons (Fsp3) is 0.857. The molecule has 1 N–H and O–H groups in total. The highest BCUT2D eigenvalue weighted by Crippen LogP contribution is 2.26. The molecule has 0 spiro atoms. The highest BCUT2D eigenvalue weighted by molar-refractivity contribution is 7.80. The van der Waals surface area contributed by atoms with Gasteiger partial charge in [0.05, 0.1) is 0 Å². The molecule has 1 amide bonds. The SMILES string of the molecule is CC(CS)C(=O)N1CC(N2CCCCC2)C[C@H]1C(=O)O. The number of piperidine rings is 1. The molecular weight excluding hydrogens is 276 g/mol. The molecule has 0 aromatic heterocycles. The van der Waals surface area contributed by atoms with E-state index in [1.807, 2.05) is 6.92 Å². The number of amides is 1. The number of rotatable bonds is 4. The number of hydrogen-bond acceptors (Lipinski definition) is 4. The number of nitrogens with zero attached hydrogens (tertiary/aromatic N) is 2. The summed E-state index contributed by atoms with van der Waals surface area (Å²) in [6, 6.07) is -0.468. The first-order valence-electron chi connectivity index (χ1n) is 7.42. The van der Waals surface area contributed by atoms with Crippen molar-refractivity contribution in [2.45, 2.75) is 44.7 Å². The summed E-state index contributed by atoms with van der Waals surface area (Å²) in [5.74, 6) is -0.729. The lowest BCUT2D eigenvalue weighted by Gasteiger charge is -2.32. The topological polar surface area (TPSA) is 60.9 Å². The third-order valence-corrected chi connectivity index (χ3v) is 5.00. The third-order valence-electron chi connectivity index (χ3n) is 4.45. The minimum atomic E-state index is -0.885. The van der Waals surface area contributed by atoms with E-state index in [0.29, 0.717) is 18.7 Å². The summed E-state index contributed by atoms with van der Waals surface area (Å²) < 4.78 is 0. The average molecular weight is 300 g/mol. The van der Waals surface area contributed by atoms with Crippen LogP contribution < -0.4 is 0 Å². The summed E-state index contributed by atoms with van der Waals surface area (Å²) in [5.41, 5.74) is 0. The van der Waals surface area contributed by atoms with Crippen molar-refractivity contribution in [2.24, 2.45) is 5.92 Å². The van der Waals surface area contributed by atoms with Crippen LogP contribution in [0.5, 0.6) is 0 Å². The van der Waals surface area contributed by atoms with Crippen molar-refractivity contribution in [3.63, 3.8) is 0 Å². The Hall–Kier alpha value is -0.750. The fourth-order valence-electron chi connectivity index (χ4n) is 3.20. The molecule has 3 atom stereocenters. The molecule has 20 heavy (non-hydrogen) atoms. The normalized spacial score (nSPS) is 29.4. The monoisotopic (exact) mass is 300 g/mol. The second-order valence-corrected chi connectivity index (χ2v) is 6.28. The van der Waals surface area contributed by atoms with Crippen molar-refractivity contribution < 1.29 is 14.7 Å². The molecule has 5 nitrogen and oxygen atoms in total. The van der Waals surface area contributed by atoms with E-state index in [1.165, 1.54) is 19.3 Å². The molecule has 2 rings (SSSR count). The number of likely N-dealkylation sites (tertiary alicyclic amines) is 2. The van der Waals surface area contributed by atoms with Crippen molar-refractivity contribution in [3.8, 4) is 0 Å². The van der Waals surface area contributed by atoms with Gasteiger partial charge in [0.25, 0.3) is 0 Å². The van der Waals surface area contributed by atoms with Gasteiger partial charge in [-0.25, -0.2) is 4.79 Å². The summed E-state index contributed by atoms with van der Waals surface area (Å²) in [6.07, 6.45) is 4.16. The molecule has 2 saturated heterocycles. The van der Waals surface area contributed by atoms with E-state index in [2.05, 4.69) is 17.5 Å². The summed E-state index contributed by atoms with van der Waals surface area (Å²) >= 11 is 4.15. The summed E-state index contributed by atoms with van der Waals surface area (Å²) in [4.78, 5) is 27.7. The maximum Gasteiger partial charge on any atom is 0.326 e. The molecule has 0 aliphatic carbocycles. The van der Waals surface area contributed by atoms with Crippen LogP contribution in [0.25, 0.3) is 0 Å². The lowest BCUT2D eigenvalue weighted by Crippen LogP contribution is -2.44. The van der Waals surface area contributed by atoms with Gasteiger partial charge in [-0.3, -0.25) is 9.69 Å². The Kier molecular flexibility index (Phi) is 5.32. The van der Waals surface area contributed by atoms with E-state index in [9.17, 15) is 14.7 Å². The van der Waals surface area contributed by atoms with E-state index in [0.717, 1.165) is 13.1 Å². The van der Waals surface area contributed by atoms with Crippen LogP contribution in [0.4, 0.5) is 0 Å². The van der Waals surface area contributed by atoms with Crippen molar-refractivity contribution in [3.05, 3.63) is 0 Å². The molecule has 2 heterocycles. The fourth-order valence-corrected chi connectivity index (χ4v) is 3.36. The number of hydrogen-bond donors (Lipinski definition) is 2. The van der Waals surface area contributed by atoms with Gasteiger partial charge in [0, 0.05) is 24.3 Å². The van der Waals surface area contributed by atoms with Gasteiger partial charge in [0.2, 0.25) is 5.91 Å². The van der Waals surface area contributed by atoms with Crippen LogP contribution in [0, 0.1) is 5.92 Å². The second-order valence-electron chi connectivity index (χ2n) is 5.91. The first kappa shape index (κ1) is 15.6. The van der Waals surface area contributed by atoms with Crippen LogP contribution in [-0.2, 0) is 9.59 Å². The first-order valence-corrected chi connectivity index (χ1v) is 8.06. The number of thiol groups is 1. The standard InChI is InChI=1S/C14H24N2O3S/c1-10(9-20)13(17)16-8-11(7-12(16)14(18)19)15-5-3-2-4-6-15/h10-12,20H,2-9H2,1H3,(H,18,19)/t10?,11?,12-/m0/s1. The Morgan fingerprint density at radius 2 is 1.95 bits per heavy atom. The predicted octanol–water partition coefficient (Wildman–Crippen LogP) is 1.09. The molecule has 2 aliphatic rings. The second kappa shape index (κ2) is 6.80. The van der Waals surface area contributed by atoms with Crippen LogP contribution in [0.15, 0.2) is 0 Å². The van der Waals surface area contributed by atoms with Crippen molar-refractivity contribution >= 4 is 24.5 Å². The highest BCUT2D eigenvalue weighted by Gasteiger charge is 2.42. The largest absolute Gasteiger partial charge is 0.480 e. The number of carbonyl (C=O) groups excluding carboxylic acids is 1. The van der Waals surface area contributed by atoms with E-state index >= 15 is 0 Å². The van der Waals surface area contributed by atoms with Crippen LogP contribution in [0.1, 0.15) is 32.6 Å². The predicted molar refractivity (Wildman–Crippen MR) is 80.0 cm³/mol. The maximum atomic E-state index is 12.3. The number of carbonyl (C=O) groups is 2. The van der Waals surface area contributed by atoms with Crippen molar-refractivity contribution in [1.29, 1.82) is 0 Å². The Morgan fingerprint density at radius 3 is 2.50 bits per heavy atom. The zero-order valence-corrected chi connectivity index (χ0v) is 12.9. The molecule has 0 aromatic carbocycles. The Balaban J connectivity index is 2.06. The minimum Gasteiger partial charge on any atom is -0.480 e. The molecular formula is C14H24N2O3S. The van der Waals surface area contributed by atoms with Crippen LogP contribution in [0.3, 0.4) is 0 Å². The third kappa shape index (κ3) is 3.28. The van der Waals surface area contributed by atoms with Crippen LogP contribution >= 0.6 is 12.6 Å². The van der Waals surface area contributed by atoms with Gasteiger partial charge in [-0.15, -0.1) is 0 Å². The van der Waals surface area contributed by atoms with Gasteiger partial charge in [0.15, 0.2) is 0 Å². The van der Waals surface area contributed by atoms with E-state index in [4.69, 9.17) is 0 Å². The molecule has 2 unspecified atom stereocenters. The number of aliphatic carboxylic acids is 1. The number of carboxylic acids is 1. The van der Waals surface area contributed by atoms with Crippen LogP contribution in [0.2, 0.25) is 0 Å². The first-order chi connectivity index (χ1) is 9.54. The van der Waals surface area contributed by atoms with Gasteiger partial charge in [-0.1, -0.05) is 13.3 Å². The van der Waals surface area contributed by atoms with Gasteiger partial charge >= 0.3 is 5.97 Å². The average Bonchev–Trinajstić information content (AvgIpc) is 2.92. The smallest absolute Gasteiger partial charge is 0.326 e. The molecule has 2 aliphatic heterocycles. The summed E-state index contributed by atoms with van der Waals surface area (Å²) in [7, 11) is 0. The maximum absolute atomic E-state index is 12.3. The van der Waals surface area contributed by atoms with Crippen molar-refractivity contribution in [1.82, 2.24) is 9.80 Å². The molecule has 0 bridgehead atoms. The zero-order chi connectivity index (χ0) is 14.7. The van der Waals surface area contributed by atoms with Crippen molar-refractivity contribution in [2.75, 3.05) is 25.4 Å². The van der Waals surface area contributed by atoms with E-state index in [-0.39, 0.29) is 17.9 Å². The van der Waals surface area contributed by atoms with E-state index < -0.39 is 12.0 Å². The molecule has 0 radical (unpaired) electrons. The quantitative estimate of drug-likeness (QED) is 0.763. The minimum absolute atomic E-state index is 0.0769. The summed E-state index contributed by atoms with van der Waals surface area (Å²) in [6.45, 7) is 4.42. The van der Waals surface area contributed by atoms with Gasteiger partial charge in [0.1, 0.15) is 6.04 Å². The van der Waals surface area contributed by atoms with E-state index in [1.54, 1.807) is 4.90 Å². The Morgan fingerprint density at radius 1 is 1.30 bits per heavy atom. The zero-order valence-electron chi connectivity index (χ0n) is 12.0. The van der Waals surface area contributed by atoms with Crippen LogP contribution in [-0.4, -0.2) is 64.3 Å². The van der Waals surface area contributed by atoms with Gasteiger partial charge < -0.3 is 10.0 Å². The molecule has 2 fully saturated rings. The Labute approximate surface area is 125 Å². The molecule has 6 heteroatoms. The lowest BCUT2D eigenvalue weighted by molar-refractivity contribution is -0.149.